The van der Waals surface area contributed by atoms with Crippen LogP contribution in [0.4, 0.5) is 0 Å². The van der Waals surface area contributed by atoms with Gasteiger partial charge >= 0.3 is 47.8 Å². The quantitative estimate of drug-likeness (QED) is 0.164. The van der Waals surface area contributed by atoms with E-state index in [2.05, 4.69) is 0 Å². The lowest BCUT2D eigenvalue weighted by molar-refractivity contribution is -0.384. The molecule has 19 nitrogen and oxygen atoms in total. The highest BCUT2D eigenvalue weighted by Gasteiger charge is 2.65. The third kappa shape index (κ3) is 12.4. The second-order valence-corrected chi connectivity index (χ2v) is 12.3. The first kappa shape index (κ1) is 42.8. The fraction of sp³-hybridized carbons (Fsp3) is 0.750. The lowest BCUT2D eigenvalue weighted by atomic mass is 9.97. The molecule has 288 valence electrons. The molecule has 0 amide bonds. The van der Waals surface area contributed by atoms with Crippen molar-refractivity contribution in [3.63, 3.8) is 0 Å². The van der Waals surface area contributed by atoms with Crippen molar-refractivity contribution in [2.75, 3.05) is 19.8 Å². The molecule has 2 aliphatic heterocycles. The number of ether oxygens (including phenoxy) is 11. The van der Waals surface area contributed by atoms with E-state index in [-0.39, 0.29) is 0 Å². The first-order valence-electron chi connectivity index (χ1n) is 16.0. The zero-order valence-corrected chi connectivity index (χ0v) is 30.2. The Hall–Kier alpha value is -4.36. The number of hydrogen-bond acceptors (Lipinski definition) is 19. The van der Waals surface area contributed by atoms with Crippen LogP contribution in [0.25, 0.3) is 0 Å². The van der Waals surface area contributed by atoms with Gasteiger partial charge in [0.2, 0.25) is 12.1 Å². The average molecular weight is 735 g/mol. The van der Waals surface area contributed by atoms with Crippen LogP contribution in [0, 0.1) is 11.8 Å². The summed E-state index contributed by atoms with van der Waals surface area (Å²) in [6.07, 6.45) is -13.3. The Morgan fingerprint density at radius 1 is 0.529 bits per heavy atom. The zero-order chi connectivity index (χ0) is 38.8. The fourth-order valence-electron chi connectivity index (χ4n) is 4.92. The molecule has 0 aliphatic carbocycles. The summed E-state index contributed by atoms with van der Waals surface area (Å²) >= 11 is 0. The van der Waals surface area contributed by atoms with E-state index in [0.29, 0.717) is 0 Å². The van der Waals surface area contributed by atoms with Crippen molar-refractivity contribution >= 4 is 47.8 Å². The first-order chi connectivity index (χ1) is 23.7. The minimum atomic E-state index is -2.50. The topological polar surface area (TPSA) is 238 Å². The van der Waals surface area contributed by atoms with Crippen LogP contribution in [-0.4, -0.2) is 122 Å². The molecule has 0 saturated carbocycles. The largest absolute Gasteiger partial charge is 0.463 e. The number of rotatable bonds is 15. The van der Waals surface area contributed by atoms with Crippen LogP contribution in [0.3, 0.4) is 0 Å². The van der Waals surface area contributed by atoms with E-state index in [0.717, 1.165) is 41.5 Å². The number of hydrogen-bond donors (Lipinski definition) is 0. The Balaban J connectivity index is 2.89. The molecule has 0 aromatic heterocycles. The SMILES string of the molecule is CC(=O)OC[C@H]1O[C@@](COC(C)=O)(O[C@H]2O[C@H](COC(C)=O)[C@@H](OC(C)=O)[C@H](OC(C)=O)[C@H]2OC(=O)C(C)C)[C@@H](OC(=O)C(C)C)[C@@H]1OC(C)=O. The van der Waals surface area contributed by atoms with E-state index in [4.69, 9.17) is 52.1 Å². The van der Waals surface area contributed by atoms with E-state index in [1.165, 1.54) is 27.7 Å². The maximum Gasteiger partial charge on any atom is 0.308 e. The first-order valence-corrected chi connectivity index (χ1v) is 16.0. The Kier molecular flexibility index (Phi) is 15.7. The Morgan fingerprint density at radius 3 is 1.45 bits per heavy atom. The second-order valence-electron chi connectivity index (χ2n) is 12.3. The number of carbonyl (C=O) groups excluding carboxylic acids is 8. The smallest absolute Gasteiger partial charge is 0.308 e. The molecule has 2 heterocycles. The molecule has 19 heteroatoms. The van der Waals surface area contributed by atoms with Crippen molar-refractivity contribution in [2.24, 2.45) is 11.8 Å². The molecule has 9 atom stereocenters. The predicted molar refractivity (Wildman–Crippen MR) is 163 cm³/mol. The van der Waals surface area contributed by atoms with E-state index in [1.54, 1.807) is 0 Å². The van der Waals surface area contributed by atoms with Gasteiger partial charge in [-0.2, -0.15) is 0 Å². The summed E-state index contributed by atoms with van der Waals surface area (Å²) in [6.45, 7) is 10.2. The molecule has 2 rings (SSSR count). The molecular weight excluding hydrogens is 688 g/mol. The van der Waals surface area contributed by atoms with Crippen LogP contribution in [0.2, 0.25) is 0 Å². The lowest BCUT2D eigenvalue weighted by Crippen LogP contribution is -2.66. The van der Waals surface area contributed by atoms with Gasteiger partial charge in [0, 0.05) is 41.5 Å². The van der Waals surface area contributed by atoms with Gasteiger partial charge in [0.25, 0.3) is 0 Å². The summed E-state index contributed by atoms with van der Waals surface area (Å²) in [5.74, 6) is -10.9. The molecule has 2 saturated heterocycles. The standard InChI is InChI=1S/C32H46O19/c1-14(2)29(39)48-27-26(46-21(10)38)24(44-19(8)36)22(11-41-16(5)33)47-31(27)51-32(13-43-18(7)35)28(49-30(40)15(3)4)25(45-20(9)37)23(50-32)12-42-17(6)34/h14-15,22-28,31H,11-13H2,1-10H3/t22-,23-,24-,25-,26+,27-,28+,31-,32+/m1/s1. The molecule has 0 N–H and O–H groups in total. The van der Waals surface area contributed by atoms with Gasteiger partial charge < -0.3 is 52.1 Å². The Bertz CT molecular complexity index is 1310. The van der Waals surface area contributed by atoms with Crippen molar-refractivity contribution in [3.8, 4) is 0 Å². The highest BCUT2D eigenvalue weighted by Crippen LogP contribution is 2.42. The maximum atomic E-state index is 13.1. The van der Waals surface area contributed by atoms with Gasteiger partial charge in [0.15, 0.2) is 30.5 Å². The Morgan fingerprint density at radius 2 is 0.980 bits per heavy atom. The molecular formula is C32H46O19. The zero-order valence-electron chi connectivity index (χ0n) is 30.2. The number of carbonyl (C=O) groups is 8. The summed E-state index contributed by atoms with van der Waals surface area (Å²) in [5.41, 5.74) is 0. The van der Waals surface area contributed by atoms with Gasteiger partial charge in [0.1, 0.15) is 32.0 Å². The van der Waals surface area contributed by atoms with Gasteiger partial charge in [-0.1, -0.05) is 27.7 Å². The van der Waals surface area contributed by atoms with Crippen molar-refractivity contribution in [1.82, 2.24) is 0 Å². The Labute approximate surface area is 294 Å². The molecule has 0 unspecified atom stereocenters. The summed E-state index contributed by atoms with van der Waals surface area (Å²) < 4.78 is 62.0. The van der Waals surface area contributed by atoms with Crippen LogP contribution >= 0.6 is 0 Å². The summed E-state index contributed by atoms with van der Waals surface area (Å²) in [5, 5.41) is 0. The highest BCUT2D eigenvalue weighted by atomic mass is 16.8. The molecule has 0 bridgehead atoms. The second kappa shape index (κ2) is 18.8. The third-order valence-electron chi connectivity index (χ3n) is 7.08. The van der Waals surface area contributed by atoms with E-state index >= 15 is 0 Å². The molecule has 0 spiro atoms. The predicted octanol–water partition coefficient (Wildman–Crippen LogP) is 0.443. The van der Waals surface area contributed by atoms with Crippen LogP contribution < -0.4 is 0 Å². The van der Waals surface area contributed by atoms with Crippen molar-refractivity contribution in [1.29, 1.82) is 0 Å². The molecule has 2 aliphatic rings. The third-order valence-corrected chi connectivity index (χ3v) is 7.08. The summed E-state index contributed by atoms with van der Waals surface area (Å²) in [4.78, 5) is 99.0. The molecule has 0 aromatic rings. The van der Waals surface area contributed by atoms with Gasteiger partial charge in [-0.25, -0.2) is 0 Å². The normalized spacial score (nSPS) is 28.6. The van der Waals surface area contributed by atoms with Crippen molar-refractivity contribution in [3.05, 3.63) is 0 Å². The highest BCUT2D eigenvalue weighted by molar-refractivity contribution is 5.73. The fourth-order valence-corrected chi connectivity index (χ4v) is 4.92. The monoisotopic (exact) mass is 734 g/mol. The van der Waals surface area contributed by atoms with Crippen LogP contribution in [0.1, 0.15) is 69.2 Å². The minimum absolute atomic E-state index is 0.592. The maximum absolute atomic E-state index is 13.1. The summed E-state index contributed by atoms with van der Waals surface area (Å²) in [7, 11) is 0. The van der Waals surface area contributed by atoms with Crippen LogP contribution in [-0.2, 0) is 90.5 Å². The lowest BCUT2D eigenvalue weighted by Gasteiger charge is -2.46. The molecule has 2 fully saturated rings. The number of esters is 8. The van der Waals surface area contributed by atoms with Gasteiger partial charge in [-0.3, -0.25) is 38.4 Å². The van der Waals surface area contributed by atoms with Gasteiger partial charge in [-0.05, 0) is 0 Å². The van der Waals surface area contributed by atoms with Crippen LogP contribution in [0.5, 0.6) is 0 Å². The van der Waals surface area contributed by atoms with E-state index < -0.39 is 134 Å². The molecule has 0 radical (unpaired) electrons. The molecule has 51 heavy (non-hydrogen) atoms. The van der Waals surface area contributed by atoms with Gasteiger partial charge in [-0.15, -0.1) is 0 Å². The average Bonchev–Trinajstić information content (AvgIpc) is 3.27. The van der Waals surface area contributed by atoms with E-state index in [9.17, 15) is 38.4 Å². The van der Waals surface area contributed by atoms with E-state index in [1.807, 2.05) is 0 Å². The van der Waals surface area contributed by atoms with Crippen LogP contribution in [0.15, 0.2) is 0 Å². The summed E-state index contributed by atoms with van der Waals surface area (Å²) in [6, 6.07) is 0. The van der Waals surface area contributed by atoms with Gasteiger partial charge in [0.05, 0.1) is 11.8 Å². The molecule has 0 aromatic carbocycles. The van der Waals surface area contributed by atoms with Crippen molar-refractivity contribution in [2.45, 2.75) is 124 Å². The van der Waals surface area contributed by atoms with Crippen molar-refractivity contribution < 1.29 is 90.5 Å². The minimum Gasteiger partial charge on any atom is -0.463 e.